The second kappa shape index (κ2) is 3.71. The molecule has 1 rings (SSSR count). The van der Waals surface area contributed by atoms with Crippen molar-refractivity contribution in [1.82, 2.24) is 0 Å². The standard InChI is InChI=1S/C8H8FNO/c9-7-3-1-2-4-8(7)10-5-6-11/h1-4,6,10H,5H2. The minimum Gasteiger partial charge on any atom is -0.376 e. The molecule has 11 heavy (non-hydrogen) atoms. The summed E-state index contributed by atoms with van der Waals surface area (Å²) >= 11 is 0. The topological polar surface area (TPSA) is 29.1 Å². The highest BCUT2D eigenvalue weighted by atomic mass is 19.1. The quantitative estimate of drug-likeness (QED) is 0.665. The number of rotatable bonds is 3. The molecule has 0 heterocycles. The van der Waals surface area contributed by atoms with Crippen molar-refractivity contribution < 1.29 is 9.18 Å². The maximum Gasteiger partial charge on any atom is 0.146 e. The third-order valence-electron chi connectivity index (χ3n) is 1.25. The molecule has 0 saturated carbocycles. The van der Waals surface area contributed by atoms with Crippen molar-refractivity contribution in [2.24, 2.45) is 0 Å². The Balaban J connectivity index is 2.69. The summed E-state index contributed by atoms with van der Waals surface area (Å²) in [6.07, 6.45) is 0.687. The predicted molar refractivity (Wildman–Crippen MR) is 41.0 cm³/mol. The first-order chi connectivity index (χ1) is 5.34. The highest BCUT2D eigenvalue weighted by Gasteiger charge is 1.96. The van der Waals surface area contributed by atoms with Crippen LogP contribution in [0.4, 0.5) is 10.1 Å². The minimum atomic E-state index is -0.339. The number of nitrogens with one attached hydrogen (secondary N) is 1. The van der Waals surface area contributed by atoms with E-state index >= 15 is 0 Å². The molecule has 2 nitrogen and oxygen atoms in total. The van der Waals surface area contributed by atoms with Gasteiger partial charge in [0, 0.05) is 0 Å². The van der Waals surface area contributed by atoms with Gasteiger partial charge in [0.2, 0.25) is 0 Å². The van der Waals surface area contributed by atoms with Gasteiger partial charge in [-0.25, -0.2) is 4.39 Å². The summed E-state index contributed by atoms with van der Waals surface area (Å²) in [7, 11) is 0. The summed E-state index contributed by atoms with van der Waals surface area (Å²) in [5.41, 5.74) is 0.361. The molecule has 0 amide bonds. The van der Waals surface area contributed by atoms with Crippen molar-refractivity contribution in [2.45, 2.75) is 0 Å². The van der Waals surface area contributed by atoms with E-state index in [0.717, 1.165) is 0 Å². The Labute approximate surface area is 64.0 Å². The van der Waals surface area contributed by atoms with Gasteiger partial charge in [-0.15, -0.1) is 0 Å². The Morgan fingerprint density at radius 3 is 2.82 bits per heavy atom. The third-order valence-corrected chi connectivity index (χ3v) is 1.25. The number of aldehydes is 1. The average molecular weight is 153 g/mol. The van der Waals surface area contributed by atoms with E-state index in [2.05, 4.69) is 5.32 Å². The van der Waals surface area contributed by atoms with Crippen LogP contribution in [-0.2, 0) is 4.79 Å². The van der Waals surface area contributed by atoms with Crippen molar-refractivity contribution in [3.05, 3.63) is 30.1 Å². The van der Waals surface area contributed by atoms with E-state index in [1.165, 1.54) is 6.07 Å². The second-order valence-electron chi connectivity index (χ2n) is 2.03. The van der Waals surface area contributed by atoms with E-state index in [-0.39, 0.29) is 12.4 Å². The van der Waals surface area contributed by atoms with E-state index in [1.807, 2.05) is 0 Å². The molecular formula is C8H8FNO. The minimum absolute atomic E-state index is 0.140. The van der Waals surface area contributed by atoms with Crippen LogP contribution in [0.15, 0.2) is 24.3 Å². The Kier molecular flexibility index (Phi) is 2.60. The first-order valence-corrected chi connectivity index (χ1v) is 3.26. The van der Waals surface area contributed by atoms with Gasteiger partial charge in [-0.2, -0.15) is 0 Å². The zero-order chi connectivity index (χ0) is 8.10. The van der Waals surface area contributed by atoms with Gasteiger partial charge in [0.25, 0.3) is 0 Å². The molecule has 1 N–H and O–H groups in total. The molecule has 1 aromatic carbocycles. The Morgan fingerprint density at radius 2 is 2.18 bits per heavy atom. The first-order valence-electron chi connectivity index (χ1n) is 3.26. The van der Waals surface area contributed by atoms with Gasteiger partial charge in [0.1, 0.15) is 12.1 Å². The van der Waals surface area contributed by atoms with Crippen molar-refractivity contribution in [3.63, 3.8) is 0 Å². The summed E-state index contributed by atoms with van der Waals surface area (Å²) in [6.45, 7) is 0.140. The normalized spacial score (nSPS) is 9.18. The molecular weight excluding hydrogens is 145 g/mol. The smallest absolute Gasteiger partial charge is 0.146 e. The fraction of sp³-hybridized carbons (Fsp3) is 0.125. The molecule has 0 bridgehead atoms. The molecule has 3 heteroatoms. The van der Waals surface area contributed by atoms with Crippen molar-refractivity contribution >= 4 is 12.0 Å². The number of anilines is 1. The van der Waals surface area contributed by atoms with Crippen molar-refractivity contribution in [2.75, 3.05) is 11.9 Å². The molecule has 0 unspecified atom stereocenters. The lowest BCUT2D eigenvalue weighted by Crippen LogP contribution is -2.03. The van der Waals surface area contributed by atoms with Crippen LogP contribution in [0.5, 0.6) is 0 Å². The highest BCUT2D eigenvalue weighted by Crippen LogP contribution is 2.10. The first kappa shape index (κ1) is 7.72. The van der Waals surface area contributed by atoms with E-state index in [4.69, 9.17) is 0 Å². The van der Waals surface area contributed by atoms with Gasteiger partial charge in [0.05, 0.1) is 12.2 Å². The summed E-state index contributed by atoms with van der Waals surface area (Å²) in [4.78, 5) is 9.90. The molecule has 0 aliphatic carbocycles. The van der Waals surface area contributed by atoms with Crippen LogP contribution in [0.2, 0.25) is 0 Å². The zero-order valence-electron chi connectivity index (χ0n) is 5.88. The summed E-state index contributed by atoms with van der Waals surface area (Å²) in [5, 5.41) is 2.62. The van der Waals surface area contributed by atoms with Crippen LogP contribution in [0.25, 0.3) is 0 Å². The number of halogens is 1. The van der Waals surface area contributed by atoms with Gasteiger partial charge in [-0.1, -0.05) is 12.1 Å². The predicted octanol–water partition coefficient (Wildman–Crippen LogP) is 1.44. The van der Waals surface area contributed by atoms with Gasteiger partial charge in [0.15, 0.2) is 0 Å². The molecule has 1 aromatic rings. The zero-order valence-corrected chi connectivity index (χ0v) is 5.88. The molecule has 0 radical (unpaired) electrons. The Morgan fingerprint density at radius 1 is 1.45 bits per heavy atom. The van der Waals surface area contributed by atoms with E-state index in [1.54, 1.807) is 18.2 Å². The van der Waals surface area contributed by atoms with E-state index in [0.29, 0.717) is 12.0 Å². The number of hydrogen-bond donors (Lipinski definition) is 1. The van der Waals surface area contributed by atoms with Gasteiger partial charge in [-0.05, 0) is 12.1 Å². The van der Waals surface area contributed by atoms with Crippen LogP contribution < -0.4 is 5.32 Å². The van der Waals surface area contributed by atoms with Crippen LogP contribution in [0.1, 0.15) is 0 Å². The molecule has 0 aliphatic heterocycles. The van der Waals surface area contributed by atoms with Gasteiger partial charge in [-0.3, -0.25) is 0 Å². The van der Waals surface area contributed by atoms with Crippen molar-refractivity contribution in [1.29, 1.82) is 0 Å². The SMILES string of the molecule is O=CCNc1ccccc1F. The fourth-order valence-corrected chi connectivity index (χ4v) is 0.756. The van der Waals surface area contributed by atoms with Crippen LogP contribution in [-0.4, -0.2) is 12.8 Å². The van der Waals surface area contributed by atoms with E-state index in [9.17, 15) is 9.18 Å². The van der Waals surface area contributed by atoms with Gasteiger partial charge >= 0.3 is 0 Å². The van der Waals surface area contributed by atoms with Crippen LogP contribution >= 0.6 is 0 Å². The van der Waals surface area contributed by atoms with Crippen LogP contribution in [0.3, 0.4) is 0 Å². The molecule has 0 fully saturated rings. The van der Waals surface area contributed by atoms with Gasteiger partial charge < -0.3 is 10.1 Å². The largest absolute Gasteiger partial charge is 0.376 e. The lowest BCUT2D eigenvalue weighted by molar-refractivity contribution is -0.106. The maximum atomic E-state index is 12.7. The summed E-state index contributed by atoms with van der Waals surface area (Å²) in [6, 6.07) is 6.23. The number of carbonyl (C=O) groups excluding carboxylic acids is 1. The lowest BCUT2D eigenvalue weighted by Gasteiger charge is -2.01. The Bertz CT molecular complexity index is 250. The lowest BCUT2D eigenvalue weighted by atomic mass is 10.3. The van der Waals surface area contributed by atoms with E-state index < -0.39 is 0 Å². The number of carbonyl (C=O) groups is 1. The molecule has 0 aliphatic rings. The molecule has 0 saturated heterocycles. The highest BCUT2D eigenvalue weighted by molar-refractivity contribution is 5.59. The second-order valence-corrected chi connectivity index (χ2v) is 2.03. The molecule has 58 valence electrons. The third kappa shape index (κ3) is 2.04. The fourth-order valence-electron chi connectivity index (χ4n) is 0.756. The average Bonchev–Trinajstić information content (AvgIpc) is 2.03. The number of hydrogen-bond acceptors (Lipinski definition) is 2. The summed E-state index contributed by atoms with van der Waals surface area (Å²) in [5.74, 6) is -0.339. The number of para-hydroxylation sites is 1. The maximum absolute atomic E-state index is 12.7. The monoisotopic (exact) mass is 153 g/mol. The number of benzene rings is 1. The Hall–Kier alpha value is -1.38. The van der Waals surface area contributed by atoms with Crippen molar-refractivity contribution in [3.8, 4) is 0 Å². The molecule has 0 aromatic heterocycles. The van der Waals surface area contributed by atoms with Crippen LogP contribution in [0, 0.1) is 5.82 Å². The summed E-state index contributed by atoms with van der Waals surface area (Å²) < 4.78 is 12.7. The molecule has 0 spiro atoms. The molecule has 0 atom stereocenters.